The first kappa shape index (κ1) is 27.1. The lowest BCUT2D eigenvalue weighted by molar-refractivity contribution is -0.154. The van der Waals surface area contributed by atoms with Crippen LogP contribution in [0, 0.1) is 0 Å². The van der Waals surface area contributed by atoms with Crippen LogP contribution in [0.15, 0.2) is 0 Å². The standard InChI is InChI=1S/C26H46O6/c1-3-4-5-6-7-8-9-10-11-12-13-14-15-16-17-18-24(28)32-23-20-30-25-22(31-21(2)27)19-29-26(23)25/h22-23,25-26H,3-20H2,1-2H3/t22-,23+,25-,26-/m1/s1. The normalized spacial score (nSPS) is 24.4. The third-order valence-electron chi connectivity index (χ3n) is 6.55. The lowest BCUT2D eigenvalue weighted by atomic mass is 10.0. The Labute approximate surface area is 195 Å². The summed E-state index contributed by atoms with van der Waals surface area (Å²) in [7, 11) is 0. The van der Waals surface area contributed by atoms with Gasteiger partial charge in [0, 0.05) is 13.3 Å². The van der Waals surface area contributed by atoms with Gasteiger partial charge in [-0.05, 0) is 6.42 Å². The van der Waals surface area contributed by atoms with Crippen LogP contribution in [0.5, 0.6) is 0 Å². The Morgan fingerprint density at radius 3 is 1.50 bits per heavy atom. The smallest absolute Gasteiger partial charge is 0.306 e. The molecule has 2 rings (SSSR count). The summed E-state index contributed by atoms with van der Waals surface area (Å²) in [6, 6.07) is 0. The Bertz CT molecular complexity index is 522. The van der Waals surface area contributed by atoms with Crippen molar-refractivity contribution in [1.29, 1.82) is 0 Å². The van der Waals surface area contributed by atoms with E-state index in [9.17, 15) is 9.59 Å². The van der Waals surface area contributed by atoms with Crippen molar-refractivity contribution in [2.75, 3.05) is 13.2 Å². The van der Waals surface area contributed by atoms with Crippen molar-refractivity contribution in [2.24, 2.45) is 0 Å². The Morgan fingerprint density at radius 2 is 1.06 bits per heavy atom. The van der Waals surface area contributed by atoms with Crippen molar-refractivity contribution in [3.8, 4) is 0 Å². The van der Waals surface area contributed by atoms with Gasteiger partial charge < -0.3 is 18.9 Å². The second-order valence-corrected chi connectivity index (χ2v) is 9.47. The van der Waals surface area contributed by atoms with Gasteiger partial charge in [0.25, 0.3) is 0 Å². The Balaban J connectivity index is 1.38. The highest BCUT2D eigenvalue weighted by molar-refractivity contribution is 5.69. The lowest BCUT2D eigenvalue weighted by Crippen LogP contribution is -2.35. The van der Waals surface area contributed by atoms with Crippen molar-refractivity contribution in [3.05, 3.63) is 0 Å². The summed E-state index contributed by atoms with van der Waals surface area (Å²) in [5.74, 6) is -0.537. The third-order valence-corrected chi connectivity index (χ3v) is 6.55. The number of hydrogen-bond acceptors (Lipinski definition) is 6. The summed E-state index contributed by atoms with van der Waals surface area (Å²) in [5.41, 5.74) is 0. The fraction of sp³-hybridized carbons (Fsp3) is 0.923. The van der Waals surface area contributed by atoms with E-state index in [4.69, 9.17) is 18.9 Å². The number of ether oxygens (including phenoxy) is 4. The number of unbranched alkanes of at least 4 members (excludes halogenated alkanes) is 14. The molecule has 0 N–H and O–H groups in total. The molecular weight excluding hydrogens is 408 g/mol. The maximum Gasteiger partial charge on any atom is 0.306 e. The van der Waals surface area contributed by atoms with Gasteiger partial charge in [0.05, 0.1) is 13.2 Å². The van der Waals surface area contributed by atoms with Crippen molar-refractivity contribution in [3.63, 3.8) is 0 Å². The van der Waals surface area contributed by atoms with Crippen LogP contribution in [0.25, 0.3) is 0 Å². The number of rotatable bonds is 18. The van der Waals surface area contributed by atoms with Crippen molar-refractivity contribution in [2.45, 2.75) is 141 Å². The zero-order valence-corrected chi connectivity index (χ0v) is 20.5. The number of hydrogen-bond donors (Lipinski definition) is 0. The number of carbonyl (C=O) groups excluding carboxylic acids is 2. The van der Waals surface area contributed by atoms with E-state index in [1.54, 1.807) is 0 Å². The van der Waals surface area contributed by atoms with Crippen molar-refractivity contribution < 1.29 is 28.5 Å². The van der Waals surface area contributed by atoms with Gasteiger partial charge in [-0.25, -0.2) is 0 Å². The van der Waals surface area contributed by atoms with Crippen LogP contribution in [0.1, 0.15) is 117 Å². The molecule has 0 bridgehead atoms. The average molecular weight is 455 g/mol. The molecule has 32 heavy (non-hydrogen) atoms. The maximum absolute atomic E-state index is 12.2. The second kappa shape index (κ2) is 16.5. The van der Waals surface area contributed by atoms with Gasteiger partial charge in [-0.1, -0.05) is 96.8 Å². The van der Waals surface area contributed by atoms with Gasteiger partial charge in [0.15, 0.2) is 12.2 Å². The van der Waals surface area contributed by atoms with Crippen molar-refractivity contribution >= 4 is 11.9 Å². The molecule has 2 aliphatic rings. The number of fused-ring (bicyclic) bond motifs is 1. The topological polar surface area (TPSA) is 71.1 Å². The molecule has 0 spiro atoms. The molecule has 6 nitrogen and oxygen atoms in total. The molecule has 0 aromatic carbocycles. The van der Waals surface area contributed by atoms with Gasteiger partial charge >= 0.3 is 11.9 Å². The molecule has 0 aromatic rings. The van der Waals surface area contributed by atoms with E-state index in [1.807, 2.05) is 0 Å². The summed E-state index contributed by atoms with van der Waals surface area (Å²) in [5, 5.41) is 0. The highest BCUT2D eigenvalue weighted by Gasteiger charge is 2.50. The minimum Gasteiger partial charge on any atom is -0.457 e. The second-order valence-electron chi connectivity index (χ2n) is 9.47. The Kier molecular flexibility index (Phi) is 14.0. The number of esters is 2. The first-order valence-electron chi connectivity index (χ1n) is 13.2. The van der Waals surface area contributed by atoms with E-state index in [0.717, 1.165) is 12.8 Å². The first-order chi connectivity index (χ1) is 15.6. The van der Waals surface area contributed by atoms with Crippen LogP contribution in [-0.4, -0.2) is 49.6 Å². The summed E-state index contributed by atoms with van der Waals surface area (Å²) in [6.45, 7) is 4.24. The van der Waals surface area contributed by atoms with E-state index in [0.29, 0.717) is 19.6 Å². The minimum atomic E-state index is -0.406. The molecule has 0 aromatic heterocycles. The van der Waals surface area contributed by atoms with Crippen LogP contribution < -0.4 is 0 Å². The monoisotopic (exact) mass is 454 g/mol. The fourth-order valence-electron chi connectivity index (χ4n) is 4.71. The molecule has 2 fully saturated rings. The zero-order chi connectivity index (χ0) is 23.0. The van der Waals surface area contributed by atoms with E-state index in [1.165, 1.54) is 90.4 Å². The van der Waals surface area contributed by atoms with Gasteiger partial charge in [-0.15, -0.1) is 0 Å². The third kappa shape index (κ3) is 10.7. The molecule has 6 heteroatoms. The van der Waals surface area contributed by atoms with Gasteiger partial charge in [0.1, 0.15) is 12.2 Å². The fourth-order valence-corrected chi connectivity index (χ4v) is 4.71. The van der Waals surface area contributed by atoms with Crippen LogP contribution in [-0.2, 0) is 28.5 Å². The summed E-state index contributed by atoms with van der Waals surface area (Å²) in [6.07, 6.45) is 18.6. The van der Waals surface area contributed by atoms with Gasteiger partial charge in [0.2, 0.25) is 0 Å². The minimum absolute atomic E-state index is 0.187. The SMILES string of the molecule is CCCCCCCCCCCCCCCCCC(=O)O[C@H]1CO[C@H]2[C@@H]1OC[C@H]2OC(C)=O. The molecule has 2 aliphatic heterocycles. The molecule has 186 valence electrons. The first-order valence-corrected chi connectivity index (χ1v) is 13.2. The Morgan fingerprint density at radius 1 is 0.656 bits per heavy atom. The van der Waals surface area contributed by atoms with Crippen LogP contribution in [0.3, 0.4) is 0 Å². The predicted octanol–water partition coefficient (Wildman–Crippen LogP) is 5.89. The molecule has 0 saturated carbocycles. The molecule has 2 heterocycles. The molecule has 0 aliphatic carbocycles. The largest absolute Gasteiger partial charge is 0.457 e. The highest BCUT2D eigenvalue weighted by atomic mass is 16.7. The Hall–Kier alpha value is -1.14. The molecule has 0 amide bonds. The predicted molar refractivity (Wildman–Crippen MR) is 124 cm³/mol. The molecule has 0 radical (unpaired) electrons. The van der Waals surface area contributed by atoms with Crippen LogP contribution in [0.2, 0.25) is 0 Å². The summed E-state index contributed by atoms with van der Waals surface area (Å²) in [4.78, 5) is 23.3. The molecule has 2 saturated heterocycles. The van der Waals surface area contributed by atoms with E-state index in [-0.39, 0.29) is 24.1 Å². The number of carbonyl (C=O) groups is 2. The molecule has 0 unspecified atom stereocenters. The molecular formula is C26H46O6. The van der Waals surface area contributed by atoms with Gasteiger partial charge in [-0.2, -0.15) is 0 Å². The van der Waals surface area contributed by atoms with Crippen LogP contribution >= 0.6 is 0 Å². The van der Waals surface area contributed by atoms with Crippen LogP contribution in [0.4, 0.5) is 0 Å². The lowest BCUT2D eigenvalue weighted by Gasteiger charge is -2.17. The van der Waals surface area contributed by atoms with Gasteiger partial charge in [-0.3, -0.25) is 9.59 Å². The molecule has 4 atom stereocenters. The summed E-state index contributed by atoms with van der Waals surface area (Å²) < 4.78 is 22.1. The van der Waals surface area contributed by atoms with E-state index in [2.05, 4.69) is 6.92 Å². The van der Waals surface area contributed by atoms with Crippen molar-refractivity contribution in [1.82, 2.24) is 0 Å². The maximum atomic E-state index is 12.2. The summed E-state index contributed by atoms with van der Waals surface area (Å²) >= 11 is 0. The quantitative estimate of drug-likeness (QED) is 0.190. The van der Waals surface area contributed by atoms with E-state index >= 15 is 0 Å². The zero-order valence-electron chi connectivity index (χ0n) is 20.5. The highest BCUT2D eigenvalue weighted by Crippen LogP contribution is 2.31. The average Bonchev–Trinajstić information content (AvgIpc) is 3.34. The van der Waals surface area contributed by atoms with E-state index < -0.39 is 12.2 Å².